The summed E-state index contributed by atoms with van der Waals surface area (Å²) in [4.78, 5) is 24.7. The molecule has 1 atom stereocenters. The third-order valence-corrected chi connectivity index (χ3v) is 7.39. The summed E-state index contributed by atoms with van der Waals surface area (Å²) in [6.45, 7) is 8.57. The fourth-order valence-electron chi connectivity index (χ4n) is 5.24. The lowest BCUT2D eigenvalue weighted by atomic mass is 10.1. The Morgan fingerprint density at radius 2 is 1.69 bits per heavy atom. The van der Waals surface area contributed by atoms with E-state index >= 15 is 0 Å². The zero-order chi connectivity index (χ0) is 24.2. The molecule has 0 bridgehead atoms. The van der Waals surface area contributed by atoms with Crippen LogP contribution >= 0.6 is 0 Å². The van der Waals surface area contributed by atoms with Crippen LogP contribution in [0.25, 0.3) is 10.8 Å². The number of fused-ring (bicyclic) bond motifs is 1. The summed E-state index contributed by atoms with van der Waals surface area (Å²) in [6, 6.07) is 15.1. The summed E-state index contributed by atoms with van der Waals surface area (Å²) in [7, 11) is 0. The van der Waals surface area contributed by atoms with Gasteiger partial charge in [-0.1, -0.05) is 6.07 Å². The second-order valence-corrected chi connectivity index (χ2v) is 9.66. The van der Waals surface area contributed by atoms with E-state index in [0.29, 0.717) is 18.2 Å². The normalized spacial score (nSPS) is 17.7. The molecule has 0 radical (unpaired) electrons. The van der Waals surface area contributed by atoms with Gasteiger partial charge < -0.3 is 20.0 Å². The number of aromatic nitrogens is 1. The number of nitrogens with zero attached hydrogens (tertiary/aromatic N) is 4. The molecule has 184 valence electrons. The highest BCUT2D eigenvalue weighted by atomic mass is 19.1. The van der Waals surface area contributed by atoms with Gasteiger partial charge in [0.2, 0.25) is 0 Å². The lowest BCUT2D eigenvalue weighted by Crippen LogP contribution is -2.46. The van der Waals surface area contributed by atoms with Gasteiger partial charge in [0.1, 0.15) is 11.6 Å². The van der Waals surface area contributed by atoms with E-state index in [-0.39, 0.29) is 11.7 Å². The SMILES string of the molecule is CC(CCNC(=O)c1ccc2ccnc(N3CCN(c4ccc(F)cc4)CC3)c2c1)N1CCCC1. The molecule has 35 heavy (non-hydrogen) atoms. The average molecular weight is 476 g/mol. The van der Waals surface area contributed by atoms with Gasteiger partial charge in [0.15, 0.2) is 0 Å². The number of rotatable bonds is 7. The third kappa shape index (κ3) is 5.40. The molecule has 1 aromatic heterocycles. The highest BCUT2D eigenvalue weighted by Gasteiger charge is 2.21. The Kier molecular flexibility index (Phi) is 7.13. The Bertz CT molecular complexity index is 1150. The van der Waals surface area contributed by atoms with Crippen LogP contribution in [-0.4, -0.2) is 67.6 Å². The van der Waals surface area contributed by atoms with E-state index < -0.39 is 0 Å². The number of piperazine rings is 1. The van der Waals surface area contributed by atoms with Crippen LogP contribution in [0.2, 0.25) is 0 Å². The van der Waals surface area contributed by atoms with Crippen molar-refractivity contribution in [2.45, 2.75) is 32.2 Å². The monoisotopic (exact) mass is 475 g/mol. The highest BCUT2D eigenvalue weighted by molar-refractivity contribution is 6.01. The first-order valence-electron chi connectivity index (χ1n) is 12.7. The predicted octanol–water partition coefficient (Wildman–Crippen LogP) is 4.30. The fourth-order valence-corrected chi connectivity index (χ4v) is 5.24. The van der Waals surface area contributed by atoms with Crippen LogP contribution in [0.1, 0.15) is 36.5 Å². The maximum Gasteiger partial charge on any atom is 0.251 e. The van der Waals surface area contributed by atoms with E-state index in [2.05, 4.69) is 26.9 Å². The van der Waals surface area contributed by atoms with Crippen LogP contribution in [0.4, 0.5) is 15.9 Å². The number of carbonyl (C=O) groups is 1. The van der Waals surface area contributed by atoms with Gasteiger partial charge >= 0.3 is 0 Å². The summed E-state index contributed by atoms with van der Waals surface area (Å²) >= 11 is 0. The molecule has 7 heteroatoms. The van der Waals surface area contributed by atoms with Crippen LogP contribution in [-0.2, 0) is 0 Å². The average Bonchev–Trinajstić information content (AvgIpc) is 3.44. The zero-order valence-electron chi connectivity index (χ0n) is 20.4. The number of pyridine rings is 1. The van der Waals surface area contributed by atoms with Crippen molar-refractivity contribution in [2.24, 2.45) is 0 Å². The first kappa shape index (κ1) is 23.5. The van der Waals surface area contributed by atoms with Crippen molar-refractivity contribution in [3.8, 4) is 0 Å². The summed E-state index contributed by atoms with van der Waals surface area (Å²) in [5, 5.41) is 5.19. The molecular formula is C28H34FN5O. The number of benzene rings is 2. The van der Waals surface area contributed by atoms with Crippen molar-refractivity contribution in [1.29, 1.82) is 0 Å². The van der Waals surface area contributed by atoms with Crippen LogP contribution < -0.4 is 15.1 Å². The minimum Gasteiger partial charge on any atom is -0.368 e. The molecular weight excluding hydrogens is 441 g/mol. The second-order valence-electron chi connectivity index (χ2n) is 9.66. The summed E-state index contributed by atoms with van der Waals surface area (Å²) in [6.07, 6.45) is 5.37. The maximum atomic E-state index is 13.3. The van der Waals surface area contributed by atoms with E-state index in [1.54, 1.807) is 0 Å². The van der Waals surface area contributed by atoms with E-state index in [0.717, 1.165) is 54.9 Å². The van der Waals surface area contributed by atoms with E-state index in [1.807, 2.05) is 42.6 Å². The maximum absolute atomic E-state index is 13.3. The van der Waals surface area contributed by atoms with Gasteiger partial charge in [-0.15, -0.1) is 0 Å². The Morgan fingerprint density at radius 3 is 2.43 bits per heavy atom. The van der Waals surface area contributed by atoms with Gasteiger partial charge in [-0.3, -0.25) is 4.79 Å². The standard InChI is InChI=1S/C28H34FN5O/c1-21(32-14-2-3-15-32)10-12-31-28(35)23-5-4-22-11-13-30-27(26(22)20-23)34-18-16-33(17-19-34)25-8-6-24(29)7-9-25/h4-9,11,13,20-21H,2-3,10,12,14-19H2,1H3,(H,31,35). The van der Waals surface area contributed by atoms with Crippen molar-refractivity contribution in [1.82, 2.24) is 15.2 Å². The zero-order valence-corrected chi connectivity index (χ0v) is 20.4. The molecule has 2 aliphatic rings. The quantitative estimate of drug-likeness (QED) is 0.552. The summed E-state index contributed by atoms with van der Waals surface area (Å²) in [5.74, 6) is 0.670. The molecule has 1 unspecified atom stereocenters. The Balaban J connectivity index is 1.24. The Morgan fingerprint density at radius 1 is 0.971 bits per heavy atom. The molecule has 0 aliphatic carbocycles. The number of carbonyl (C=O) groups excluding carboxylic acids is 1. The van der Waals surface area contributed by atoms with Gasteiger partial charge in [0, 0.05) is 61.6 Å². The minimum atomic E-state index is -0.215. The van der Waals surface area contributed by atoms with Crippen LogP contribution in [0.3, 0.4) is 0 Å². The van der Waals surface area contributed by atoms with Crippen molar-refractivity contribution in [2.75, 3.05) is 55.6 Å². The molecule has 2 aliphatic heterocycles. The lowest BCUT2D eigenvalue weighted by Gasteiger charge is -2.37. The summed E-state index contributed by atoms with van der Waals surface area (Å²) in [5.41, 5.74) is 1.71. The molecule has 5 rings (SSSR count). The van der Waals surface area contributed by atoms with Gasteiger partial charge in [-0.05, 0) is 87.1 Å². The first-order valence-corrected chi connectivity index (χ1v) is 12.7. The molecule has 2 fully saturated rings. The van der Waals surface area contributed by atoms with Gasteiger partial charge in [-0.2, -0.15) is 0 Å². The number of hydrogen-bond donors (Lipinski definition) is 1. The van der Waals surface area contributed by atoms with Crippen molar-refractivity contribution in [3.63, 3.8) is 0 Å². The Hall–Kier alpha value is -3.19. The topological polar surface area (TPSA) is 51.7 Å². The van der Waals surface area contributed by atoms with Crippen molar-refractivity contribution < 1.29 is 9.18 Å². The van der Waals surface area contributed by atoms with E-state index in [9.17, 15) is 9.18 Å². The van der Waals surface area contributed by atoms with E-state index in [4.69, 9.17) is 4.98 Å². The van der Waals surface area contributed by atoms with Gasteiger partial charge in [-0.25, -0.2) is 9.37 Å². The fraction of sp³-hybridized carbons (Fsp3) is 0.429. The first-order chi connectivity index (χ1) is 17.1. The molecule has 2 saturated heterocycles. The van der Waals surface area contributed by atoms with Crippen LogP contribution in [0, 0.1) is 5.82 Å². The molecule has 2 aromatic carbocycles. The second kappa shape index (κ2) is 10.6. The predicted molar refractivity (Wildman–Crippen MR) is 140 cm³/mol. The molecule has 1 N–H and O–H groups in total. The minimum absolute atomic E-state index is 0.0311. The molecule has 3 heterocycles. The molecule has 3 aromatic rings. The van der Waals surface area contributed by atoms with Crippen molar-refractivity contribution >= 4 is 28.2 Å². The van der Waals surface area contributed by atoms with Crippen LogP contribution in [0.5, 0.6) is 0 Å². The van der Waals surface area contributed by atoms with Crippen LogP contribution in [0.15, 0.2) is 54.7 Å². The Labute approximate surface area is 206 Å². The van der Waals surface area contributed by atoms with Crippen molar-refractivity contribution in [3.05, 3.63) is 66.1 Å². The highest BCUT2D eigenvalue weighted by Crippen LogP contribution is 2.27. The van der Waals surface area contributed by atoms with Gasteiger partial charge in [0.05, 0.1) is 0 Å². The number of halogens is 1. The largest absolute Gasteiger partial charge is 0.368 e. The molecule has 6 nitrogen and oxygen atoms in total. The number of hydrogen-bond acceptors (Lipinski definition) is 5. The lowest BCUT2D eigenvalue weighted by molar-refractivity contribution is 0.0949. The third-order valence-electron chi connectivity index (χ3n) is 7.39. The summed E-state index contributed by atoms with van der Waals surface area (Å²) < 4.78 is 13.3. The molecule has 1 amide bonds. The van der Waals surface area contributed by atoms with E-state index in [1.165, 1.54) is 38.1 Å². The molecule has 0 saturated carbocycles. The number of amides is 1. The number of likely N-dealkylation sites (tertiary alicyclic amines) is 1. The number of nitrogens with one attached hydrogen (secondary N) is 1. The number of anilines is 2. The van der Waals surface area contributed by atoms with Gasteiger partial charge in [0.25, 0.3) is 5.91 Å². The smallest absolute Gasteiger partial charge is 0.251 e. The molecule has 0 spiro atoms.